The topological polar surface area (TPSA) is 75.9 Å². The summed E-state index contributed by atoms with van der Waals surface area (Å²) in [6.07, 6.45) is 1.55. The van der Waals surface area contributed by atoms with Gasteiger partial charge in [0, 0.05) is 32.1 Å². The van der Waals surface area contributed by atoms with Gasteiger partial charge < -0.3 is 19.1 Å². The first-order valence-corrected chi connectivity index (χ1v) is 7.68. The van der Waals surface area contributed by atoms with E-state index in [2.05, 4.69) is 5.16 Å². The molecule has 0 N–H and O–H groups in total. The second kappa shape index (κ2) is 6.08. The van der Waals surface area contributed by atoms with E-state index in [-0.39, 0.29) is 36.1 Å². The summed E-state index contributed by atoms with van der Waals surface area (Å²) in [4.78, 5) is 27.9. The minimum absolute atomic E-state index is 0.00117. The van der Waals surface area contributed by atoms with Gasteiger partial charge >= 0.3 is 0 Å². The summed E-state index contributed by atoms with van der Waals surface area (Å²) in [6, 6.07) is 1.70. The van der Waals surface area contributed by atoms with Gasteiger partial charge in [0.15, 0.2) is 0 Å². The first-order valence-electron chi connectivity index (χ1n) is 7.68. The number of nitrogens with zero attached hydrogens (tertiary/aromatic N) is 3. The summed E-state index contributed by atoms with van der Waals surface area (Å²) in [7, 11) is 1.78. The van der Waals surface area contributed by atoms with E-state index in [4.69, 9.17) is 9.26 Å². The van der Waals surface area contributed by atoms with E-state index in [1.807, 2.05) is 6.92 Å². The maximum Gasteiger partial charge on any atom is 0.292 e. The fourth-order valence-corrected chi connectivity index (χ4v) is 3.12. The quantitative estimate of drug-likeness (QED) is 0.798. The summed E-state index contributed by atoms with van der Waals surface area (Å²) in [5.41, 5.74) is 0.772. The third-order valence-electron chi connectivity index (χ3n) is 4.59. The van der Waals surface area contributed by atoms with Crippen molar-refractivity contribution >= 4 is 11.8 Å². The molecule has 0 saturated carbocycles. The molecule has 2 amide bonds. The van der Waals surface area contributed by atoms with E-state index in [1.54, 1.807) is 22.9 Å². The van der Waals surface area contributed by atoms with Gasteiger partial charge in [0.25, 0.3) is 5.91 Å². The zero-order valence-corrected chi connectivity index (χ0v) is 12.9. The second-order valence-corrected chi connectivity index (χ2v) is 5.92. The molecule has 1 aromatic heterocycles. The van der Waals surface area contributed by atoms with E-state index in [1.165, 1.54) is 0 Å². The Hall–Kier alpha value is -1.89. The van der Waals surface area contributed by atoms with Crippen LogP contribution >= 0.6 is 0 Å². The van der Waals surface area contributed by atoms with Crippen LogP contribution in [0.2, 0.25) is 0 Å². The molecule has 0 aromatic carbocycles. The Morgan fingerprint density at radius 2 is 2.32 bits per heavy atom. The molecule has 0 spiro atoms. The number of aryl methyl sites for hydroxylation is 1. The van der Waals surface area contributed by atoms with Gasteiger partial charge in [-0.25, -0.2) is 0 Å². The smallest absolute Gasteiger partial charge is 0.292 e. The van der Waals surface area contributed by atoms with Crippen molar-refractivity contribution in [1.82, 2.24) is 15.0 Å². The maximum atomic E-state index is 12.5. The lowest BCUT2D eigenvalue weighted by Gasteiger charge is -2.40. The lowest BCUT2D eigenvalue weighted by molar-refractivity contribution is -0.134. The number of likely N-dealkylation sites (N-methyl/N-ethyl adjacent to an activating group) is 1. The van der Waals surface area contributed by atoms with Crippen LogP contribution in [-0.2, 0) is 16.0 Å². The number of carbonyl (C=O) groups excluding carboxylic acids is 2. The lowest BCUT2D eigenvalue weighted by Crippen LogP contribution is -2.54. The Kier molecular flexibility index (Phi) is 4.15. The van der Waals surface area contributed by atoms with Gasteiger partial charge in [-0.05, 0) is 12.8 Å². The first kappa shape index (κ1) is 15.0. The van der Waals surface area contributed by atoms with Gasteiger partial charge in [-0.2, -0.15) is 0 Å². The number of aromatic nitrogens is 1. The molecule has 7 heteroatoms. The fraction of sp³-hybridized carbons (Fsp3) is 0.667. The molecule has 1 aromatic rings. The van der Waals surface area contributed by atoms with Gasteiger partial charge in [-0.1, -0.05) is 12.1 Å². The number of amides is 2. The van der Waals surface area contributed by atoms with Gasteiger partial charge in [0.1, 0.15) is 6.61 Å². The predicted molar refractivity (Wildman–Crippen MR) is 77.3 cm³/mol. The molecular weight excluding hydrogens is 286 g/mol. The van der Waals surface area contributed by atoms with Gasteiger partial charge in [0.2, 0.25) is 11.7 Å². The Morgan fingerprint density at radius 1 is 1.50 bits per heavy atom. The van der Waals surface area contributed by atoms with Crippen LogP contribution < -0.4 is 0 Å². The summed E-state index contributed by atoms with van der Waals surface area (Å²) in [5, 5.41) is 3.87. The predicted octanol–water partition coefficient (Wildman–Crippen LogP) is 0.556. The van der Waals surface area contributed by atoms with Crippen LogP contribution in [0.3, 0.4) is 0 Å². The number of ether oxygens (including phenoxy) is 1. The van der Waals surface area contributed by atoms with E-state index >= 15 is 0 Å². The minimum atomic E-state index is -0.156. The van der Waals surface area contributed by atoms with Crippen LogP contribution in [0, 0.1) is 5.92 Å². The van der Waals surface area contributed by atoms with Crippen molar-refractivity contribution in [1.29, 1.82) is 0 Å². The standard InChI is InChI=1S/C15H21N3O4/c1-3-11-6-13(22-16-11)15(20)18-5-4-10-8-21-9-14(19)17(2)12(10)7-18/h6,10,12H,3-5,7-9H2,1-2H3/t10-,12-/m0/s1. The van der Waals surface area contributed by atoms with Crippen molar-refractivity contribution in [3.05, 3.63) is 17.5 Å². The van der Waals surface area contributed by atoms with E-state index in [0.717, 1.165) is 18.5 Å². The molecular formula is C15H21N3O4. The number of hydrogen-bond donors (Lipinski definition) is 0. The monoisotopic (exact) mass is 307 g/mol. The van der Waals surface area contributed by atoms with Crippen LogP contribution in [0.25, 0.3) is 0 Å². The SMILES string of the molecule is CCc1cc(C(=O)N2CC[C@H]3COCC(=O)N(C)[C@H]3C2)on1. The fourth-order valence-electron chi connectivity index (χ4n) is 3.12. The van der Waals surface area contributed by atoms with Gasteiger partial charge in [-0.3, -0.25) is 9.59 Å². The van der Waals surface area contributed by atoms with Crippen molar-refractivity contribution < 1.29 is 18.8 Å². The van der Waals surface area contributed by atoms with Gasteiger partial charge in [0.05, 0.1) is 18.3 Å². The zero-order valence-electron chi connectivity index (χ0n) is 12.9. The van der Waals surface area contributed by atoms with Crippen molar-refractivity contribution in [3.8, 4) is 0 Å². The number of hydrogen-bond acceptors (Lipinski definition) is 5. The Labute approximate surface area is 129 Å². The summed E-state index contributed by atoms with van der Waals surface area (Å²) >= 11 is 0. The molecule has 0 unspecified atom stereocenters. The Bertz CT molecular complexity index is 571. The van der Waals surface area contributed by atoms with Crippen molar-refractivity contribution in [3.63, 3.8) is 0 Å². The van der Waals surface area contributed by atoms with Crippen molar-refractivity contribution in [2.45, 2.75) is 25.8 Å². The van der Waals surface area contributed by atoms with Crippen LogP contribution in [-0.4, -0.2) is 66.2 Å². The highest BCUT2D eigenvalue weighted by Gasteiger charge is 2.38. The normalized spacial score (nSPS) is 25.8. The van der Waals surface area contributed by atoms with Crippen LogP contribution in [0.1, 0.15) is 29.6 Å². The average molecular weight is 307 g/mol. The summed E-state index contributed by atoms with van der Waals surface area (Å²) in [5.74, 6) is 0.363. The highest BCUT2D eigenvalue weighted by Crippen LogP contribution is 2.25. The molecule has 7 nitrogen and oxygen atoms in total. The largest absolute Gasteiger partial charge is 0.371 e. The van der Waals surface area contributed by atoms with Crippen molar-refractivity contribution in [2.24, 2.45) is 5.92 Å². The first-order chi connectivity index (χ1) is 10.6. The third kappa shape index (κ3) is 2.72. The second-order valence-electron chi connectivity index (χ2n) is 5.92. The molecule has 2 saturated heterocycles. The van der Waals surface area contributed by atoms with Crippen LogP contribution in [0.15, 0.2) is 10.6 Å². The average Bonchev–Trinajstić information content (AvgIpc) is 2.97. The number of fused-ring (bicyclic) bond motifs is 1. The van der Waals surface area contributed by atoms with Crippen molar-refractivity contribution in [2.75, 3.05) is 33.4 Å². The molecule has 2 fully saturated rings. The molecule has 2 atom stereocenters. The molecule has 0 bridgehead atoms. The molecule has 0 aliphatic carbocycles. The molecule has 2 aliphatic heterocycles. The Balaban J connectivity index is 1.73. The van der Waals surface area contributed by atoms with Gasteiger partial charge in [-0.15, -0.1) is 0 Å². The molecule has 120 valence electrons. The molecule has 0 radical (unpaired) electrons. The lowest BCUT2D eigenvalue weighted by atomic mass is 9.91. The van der Waals surface area contributed by atoms with Crippen LogP contribution in [0.4, 0.5) is 0 Å². The Morgan fingerprint density at radius 3 is 3.05 bits per heavy atom. The molecule has 22 heavy (non-hydrogen) atoms. The number of carbonyl (C=O) groups is 2. The van der Waals surface area contributed by atoms with E-state index in [9.17, 15) is 9.59 Å². The number of piperidine rings is 1. The number of rotatable bonds is 2. The highest BCUT2D eigenvalue weighted by atomic mass is 16.5. The number of likely N-dealkylation sites (tertiary alicyclic amines) is 1. The third-order valence-corrected chi connectivity index (χ3v) is 4.59. The minimum Gasteiger partial charge on any atom is -0.371 e. The maximum absolute atomic E-state index is 12.5. The summed E-state index contributed by atoms with van der Waals surface area (Å²) < 4.78 is 10.6. The molecule has 2 aliphatic rings. The molecule has 3 heterocycles. The van der Waals surface area contributed by atoms with Crippen LogP contribution in [0.5, 0.6) is 0 Å². The van der Waals surface area contributed by atoms with E-state index < -0.39 is 0 Å². The van der Waals surface area contributed by atoms with E-state index in [0.29, 0.717) is 19.7 Å². The zero-order chi connectivity index (χ0) is 15.7. The molecule has 3 rings (SSSR count). The summed E-state index contributed by atoms with van der Waals surface area (Å²) in [6.45, 7) is 3.82. The highest BCUT2D eigenvalue weighted by molar-refractivity contribution is 5.91.